The average Bonchev–Trinajstić information content (AvgIpc) is 3.58. The number of hydrogen-bond donors (Lipinski definition) is 0. The number of rotatable bonds is 5. The summed E-state index contributed by atoms with van der Waals surface area (Å²) < 4.78 is 0. The van der Waals surface area contributed by atoms with E-state index < -0.39 is 0 Å². The second kappa shape index (κ2) is 11.9. The zero-order valence-corrected chi connectivity index (χ0v) is 31.6. The first-order valence-electron chi connectivity index (χ1n) is 19.2. The van der Waals surface area contributed by atoms with Gasteiger partial charge in [0, 0.05) is 27.6 Å². The Hall–Kier alpha value is -6.18. The van der Waals surface area contributed by atoms with Gasteiger partial charge in [0.05, 0.1) is 11.4 Å². The van der Waals surface area contributed by atoms with Gasteiger partial charge in [0.1, 0.15) is 0 Å². The quantitative estimate of drug-likeness (QED) is 0.173. The van der Waals surface area contributed by atoms with Crippen molar-refractivity contribution in [3.63, 3.8) is 0 Å². The molecule has 0 bridgehead atoms. The van der Waals surface area contributed by atoms with Crippen LogP contribution in [0.2, 0.25) is 0 Å². The van der Waals surface area contributed by atoms with Crippen molar-refractivity contribution in [3.05, 3.63) is 198 Å². The molecule has 0 N–H and O–H groups in total. The van der Waals surface area contributed by atoms with Gasteiger partial charge in [-0.15, -0.1) is 0 Å². The van der Waals surface area contributed by atoms with Gasteiger partial charge in [-0.25, -0.2) is 0 Å². The SMILES string of the molecule is Cc1ccccc1-c1cc(-c2cccc3ccccc23)ccc1N(c1ccc2c(c1)C(C)(C)c1ccccc1-2)c1cccc2c1-c1ccccc1C2(C)C. The van der Waals surface area contributed by atoms with Crippen LogP contribution in [0.25, 0.3) is 55.3 Å². The number of anilines is 3. The minimum Gasteiger partial charge on any atom is -0.309 e. The topological polar surface area (TPSA) is 3.24 Å². The highest BCUT2D eigenvalue weighted by Gasteiger charge is 2.39. The summed E-state index contributed by atoms with van der Waals surface area (Å²) in [6, 6.07) is 63.4. The Labute approximate surface area is 319 Å². The third-order valence-electron chi connectivity index (χ3n) is 12.4. The van der Waals surface area contributed by atoms with E-state index in [9.17, 15) is 0 Å². The van der Waals surface area contributed by atoms with E-state index in [1.807, 2.05) is 0 Å². The normalized spacial score (nSPS) is 14.3. The Bertz CT molecular complexity index is 2790. The molecule has 10 rings (SSSR count). The van der Waals surface area contributed by atoms with Crippen molar-refractivity contribution in [1.82, 2.24) is 0 Å². The molecule has 260 valence electrons. The van der Waals surface area contributed by atoms with Crippen molar-refractivity contribution in [1.29, 1.82) is 0 Å². The first-order valence-corrected chi connectivity index (χ1v) is 19.2. The minimum absolute atomic E-state index is 0.119. The molecule has 54 heavy (non-hydrogen) atoms. The molecule has 0 aliphatic heterocycles. The molecule has 8 aromatic carbocycles. The van der Waals surface area contributed by atoms with Gasteiger partial charge in [0.2, 0.25) is 0 Å². The van der Waals surface area contributed by atoms with Gasteiger partial charge in [0.15, 0.2) is 0 Å². The van der Waals surface area contributed by atoms with Crippen LogP contribution in [0, 0.1) is 6.92 Å². The van der Waals surface area contributed by atoms with Crippen LogP contribution in [0.5, 0.6) is 0 Å². The van der Waals surface area contributed by atoms with Gasteiger partial charge >= 0.3 is 0 Å². The molecular formula is C53H43N. The highest BCUT2D eigenvalue weighted by molar-refractivity contribution is 6.02. The lowest BCUT2D eigenvalue weighted by Gasteiger charge is -2.32. The maximum absolute atomic E-state index is 2.56. The number of benzene rings is 8. The first kappa shape index (κ1) is 32.5. The van der Waals surface area contributed by atoms with Crippen molar-refractivity contribution in [3.8, 4) is 44.5 Å². The van der Waals surface area contributed by atoms with Gasteiger partial charge in [-0.05, 0) is 109 Å². The molecule has 0 saturated carbocycles. The summed E-state index contributed by atoms with van der Waals surface area (Å²) >= 11 is 0. The highest BCUT2D eigenvalue weighted by atomic mass is 15.1. The Morgan fingerprint density at radius 2 is 0.981 bits per heavy atom. The fourth-order valence-electron chi connectivity index (χ4n) is 9.63. The smallest absolute Gasteiger partial charge is 0.0543 e. The number of fused-ring (bicyclic) bond motifs is 7. The second-order valence-electron chi connectivity index (χ2n) is 16.2. The van der Waals surface area contributed by atoms with Gasteiger partial charge in [-0.2, -0.15) is 0 Å². The van der Waals surface area contributed by atoms with Crippen LogP contribution in [-0.4, -0.2) is 0 Å². The molecule has 1 heteroatoms. The molecule has 2 aliphatic carbocycles. The summed E-state index contributed by atoms with van der Waals surface area (Å²) in [5.74, 6) is 0. The van der Waals surface area contributed by atoms with E-state index in [2.05, 4.69) is 209 Å². The van der Waals surface area contributed by atoms with E-state index in [4.69, 9.17) is 0 Å². The lowest BCUT2D eigenvalue weighted by atomic mass is 9.82. The van der Waals surface area contributed by atoms with Gasteiger partial charge in [0.25, 0.3) is 0 Å². The molecule has 0 radical (unpaired) electrons. The number of hydrogen-bond acceptors (Lipinski definition) is 1. The monoisotopic (exact) mass is 693 g/mol. The van der Waals surface area contributed by atoms with Crippen LogP contribution in [0.15, 0.2) is 170 Å². The van der Waals surface area contributed by atoms with Crippen LogP contribution in [0.4, 0.5) is 17.1 Å². The second-order valence-corrected chi connectivity index (χ2v) is 16.2. The Morgan fingerprint density at radius 1 is 0.389 bits per heavy atom. The predicted molar refractivity (Wildman–Crippen MR) is 229 cm³/mol. The Balaban J connectivity index is 1.28. The van der Waals surface area contributed by atoms with Crippen molar-refractivity contribution >= 4 is 27.8 Å². The first-order chi connectivity index (χ1) is 26.2. The molecule has 8 aromatic rings. The summed E-state index contributed by atoms with van der Waals surface area (Å²) in [5.41, 5.74) is 20.2. The third kappa shape index (κ3) is 4.71. The fraction of sp³-hybridized carbons (Fsp3) is 0.132. The highest BCUT2D eigenvalue weighted by Crippen LogP contribution is 2.56. The van der Waals surface area contributed by atoms with E-state index in [-0.39, 0.29) is 10.8 Å². The zero-order valence-electron chi connectivity index (χ0n) is 31.6. The van der Waals surface area contributed by atoms with Gasteiger partial charge in [-0.3, -0.25) is 0 Å². The molecule has 0 atom stereocenters. The molecule has 0 spiro atoms. The van der Waals surface area contributed by atoms with E-state index >= 15 is 0 Å². The maximum atomic E-state index is 2.56. The lowest BCUT2D eigenvalue weighted by molar-refractivity contribution is 0.660. The predicted octanol–water partition coefficient (Wildman–Crippen LogP) is 14.6. The van der Waals surface area contributed by atoms with Crippen molar-refractivity contribution in [2.24, 2.45) is 0 Å². The average molecular weight is 694 g/mol. The molecule has 0 heterocycles. The summed E-state index contributed by atoms with van der Waals surface area (Å²) in [5, 5.41) is 2.52. The zero-order chi connectivity index (χ0) is 36.8. The third-order valence-corrected chi connectivity index (χ3v) is 12.4. The van der Waals surface area contributed by atoms with E-state index in [1.54, 1.807) is 0 Å². The van der Waals surface area contributed by atoms with Crippen LogP contribution >= 0.6 is 0 Å². The maximum Gasteiger partial charge on any atom is 0.0543 e. The van der Waals surface area contributed by atoms with Crippen molar-refractivity contribution in [2.75, 3.05) is 4.90 Å². The standard InChI is InChI=1S/C53H43N/c1-34-16-6-8-19-38(34)44-32-36(40-23-14-18-35-17-7-9-20-39(35)40)28-31-49(44)54(37-29-30-42-41-21-10-12-24-45(41)53(4,5)48(42)33-37)50-27-15-26-47-51(50)43-22-11-13-25-46(43)52(47,2)3/h6-33H,1-5H3. The molecule has 0 amide bonds. The molecule has 2 aliphatic rings. The van der Waals surface area contributed by atoms with Crippen LogP contribution in [-0.2, 0) is 10.8 Å². The van der Waals surface area contributed by atoms with Crippen LogP contribution < -0.4 is 4.90 Å². The van der Waals surface area contributed by atoms with Gasteiger partial charge < -0.3 is 4.90 Å². The summed E-state index contributed by atoms with van der Waals surface area (Å²) in [6.45, 7) is 11.7. The molecule has 1 nitrogen and oxygen atoms in total. The summed E-state index contributed by atoms with van der Waals surface area (Å²) in [6.07, 6.45) is 0. The minimum atomic E-state index is -0.127. The van der Waals surface area contributed by atoms with Gasteiger partial charge in [-0.1, -0.05) is 167 Å². The number of aryl methyl sites for hydroxylation is 1. The van der Waals surface area contributed by atoms with Crippen molar-refractivity contribution < 1.29 is 0 Å². The fourth-order valence-corrected chi connectivity index (χ4v) is 9.63. The molecule has 0 saturated heterocycles. The Kier molecular flexibility index (Phi) is 7.17. The number of nitrogens with zero attached hydrogens (tertiary/aromatic N) is 1. The van der Waals surface area contributed by atoms with Crippen LogP contribution in [0.3, 0.4) is 0 Å². The summed E-state index contributed by atoms with van der Waals surface area (Å²) in [4.78, 5) is 2.56. The lowest BCUT2D eigenvalue weighted by Crippen LogP contribution is -2.18. The van der Waals surface area contributed by atoms with Crippen LogP contribution in [0.1, 0.15) is 55.5 Å². The van der Waals surface area contributed by atoms with E-state index in [1.165, 1.54) is 88.8 Å². The van der Waals surface area contributed by atoms with E-state index in [0.29, 0.717) is 0 Å². The van der Waals surface area contributed by atoms with Crippen molar-refractivity contribution in [2.45, 2.75) is 45.4 Å². The van der Waals surface area contributed by atoms with E-state index in [0.717, 1.165) is 11.4 Å². The summed E-state index contributed by atoms with van der Waals surface area (Å²) in [7, 11) is 0. The molecule has 0 aromatic heterocycles. The molecule has 0 fully saturated rings. The molecule has 0 unspecified atom stereocenters. The largest absolute Gasteiger partial charge is 0.309 e. The molecular weight excluding hydrogens is 651 g/mol. The Morgan fingerprint density at radius 3 is 1.80 bits per heavy atom.